The van der Waals surface area contributed by atoms with Crippen molar-refractivity contribution >= 4 is 29.5 Å². The van der Waals surface area contributed by atoms with E-state index < -0.39 is 11.6 Å². The van der Waals surface area contributed by atoms with Crippen LogP contribution in [0.1, 0.15) is 75.6 Å². The number of rotatable bonds is 5. The van der Waals surface area contributed by atoms with Crippen molar-refractivity contribution in [3.8, 4) is 11.7 Å². The van der Waals surface area contributed by atoms with Crippen LogP contribution in [0.25, 0.3) is 5.82 Å². The lowest BCUT2D eigenvalue weighted by Crippen LogP contribution is -2.40. The summed E-state index contributed by atoms with van der Waals surface area (Å²) < 4.78 is 49.9. The summed E-state index contributed by atoms with van der Waals surface area (Å²) in [6.07, 6.45) is 3.05. The SMILES string of the molecule is CC1(C)CC2CCCCCNc3cccc(n3)SNC(=O)c3ccc(-n4ccc(OCCC5(C(F)(F)F)CC5)n4)nc3N1C2. The summed E-state index contributed by atoms with van der Waals surface area (Å²) >= 11 is 1.16. The summed E-state index contributed by atoms with van der Waals surface area (Å²) in [4.78, 5) is 25.4. The van der Waals surface area contributed by atoms with Crippen molar-refractivity contribution in [3.05, 3.63) is 48.2 Å². The lowest BCUT2D eigenvalue weighted by Gasteiger charge is -2.34. The van der Waals surface area contributed by atoms with Gasteiger partial charge in [-0.25, -0.2) is 14.6 Å². The molecule has 0 aromatic carbocycles. The molecule has 1 atom stereocenters. The van der Waals surface area contributed by atoms with Crippen molar-refractivity contribution in [2.24, 2.45) is 11.3 Å². The van der Waals surface area contributed by atoms with Crippen LogP contribution < -0.4 is 19.7 Å². The summed E-state index contributed by atoms with van der Waals surface area (Å²) in [6.45, 7) is 5.93. The molecule has 1 saturated carbocycles. The molecule has 3 aromatic heterocycles. The molecule has 3 aliphatic rings. The number of carbonyl (C=O) groups is 1. The molecule has 2 N–H and O–H groups in total. The average Bonchev–Trinajstić information content (AvgIpc) is 3.54. The highest BCUT2D eigenvalue weighted by molar-refractivity contribution is 7.97. The Morgan fingerprint density at radius 3 is 2.73 bits per heavy atom. The van der Waals surface area contributed by atoms with Gasteiger partial charge in [-0.05, 0) is 82.6 Å². The number of nitrogens with one attached hydrogen (secondary N) is 2. The van der Waals surface area contributed by atoms with E-state index in [0.29, 0.717) is 28.1 Å². The fraction of sp³-hybridized carbons (Fsp3) is 0.548. The van der Waals surface area contributed by atoms with Gasteiger partial charge in [-0.1, -0.05) is 18.9 Å². The lowest BCUT2D eigenvalue weighted by molar-refractivity contribution is -0.190. The number of nitrogens with zero attached hydrogens (tertiary/aromatic N) is 5. The molecule has 2 aliphatic heterocycles. The molecule has 44 heavy (non-hydrogen) atoms. The van der Waals surface area contributed by atoms with Crippen LogP contribution in [0, 0.1) is 11.3 Å². The Morgan fingerprint density at radius 2 is 1.93 bits per heavy atom. The molecule has 9 nitrogen and oxygen atoms in total. The molecule has 1 aliphatic carbocycles. The van der Waals surface area contributed by atoms with Gasteiger partial charge in [-0.2, -0.15) is 13.2 Å². The standard InChI is InChI=1S/C31H38F3N7O2S/c1-29(2)19-21-7-4-3-5-16-35-23-8-6-9-26(36-23)44-39-28(42)22-10-11-24(37-27(22)40(29)20-21)41-17-12-25(38-41)43-18-15-30(13-14-30)31(32,33)34/h6,8-12,17,21H,3-5,7,13-16,18-20H2,1-2H3,(H,35,36)(H,39,42). The number of fused-ring (bicyclic) bond motifs is 6. The highest BCUT2D eigenvalue weighted by Gasteiger charge is 2.62. The summed E-state index contributed by atoms with van der Waals surface area (Å²) in [5.74, 6) is 2.25. The Hall–Kier alpha value is -3.48. The zero-order valence-electron chi connectivity index (χ0n) is 25.0. The highest BCUT2D eigenvalue weighted by atomic mass is 32.2. The van der Waals surface area contributed by atoms with Crippen molar-refractivity contribution in [1.29, 1.82) is 0 Å². The number of pyridine rings is 2. The fourth-order valence-corrected chi connectivity index (χ4v) is 6.86. The van der Waals surface area contributed by atoms with Gasteiger partial charge in [0.05, 0.1) is 17.6 Å². The minimum Gasteiger partial charge on any atom is -0.477 e. The molecule has 0 spiro atoms. The number of amides is 1. The first-order chi connectivity index (χ1) is 21.0. The highest BCUT2D eigenvalue weighted by Crippen LogP contribution is 2.59. The molecular weight excluding hydrogens is 591 g/mol. The van der Waals surface area contributed by atoms with Gasteiger partial charge in [-0.3, -0.25) is 9.52 Å². The molecule has 3 aromatic rings. The van der Waals surface area contributed by atoms with E-state index in [4.69, 9.17) is 9.72 Å². The summed E-state index contributed by atoms with van der Waals surface area (Å²) in [6, 6.07) is 10.8. The van der Waals surface area contributed by atoms with E-state index >= 15 is 0 Å². The van der Waals surface area contributed by atoms with Crippen LogP contribution in [0.5, 0.6) is 5.88 Å². The van der Waals surface area contributed by atoms with E-state index in [1.54, 1.807) is 24.4 Å². The smallest absolute Gasteiger partial charge is 0.394 e. The number of hydrogen-bond donors (Lipinski definition) is 2. The largest absolute Gasteiger partial charge is 0.477 e. The minimum absolute atomic E-state index is 0.0663. The van der Waals surface area contributed by atoms with Gasteiger partial charge in [0.25, 0.3) is 5.91 Å². The first-order valence-electron chi connectivity index (χ1n) is 15.3. The average molecular weight is 630 g/mol. The predicted molar refractivity (Wildman–Crippen MR) is 163 cm³/mol. The number of hydrogen-bond acceptors (Lipinski definition) is 8. The second-order valence-electron chi connectivity index (χ2n) is 12.7. The quantitative estimate of drug-likeness (QED) is 0.298. The van der Waals surface area contributed by atoms with E-state index in [1.807, 2.05) is 18.2 Å². The number of halogens is 3. The van der Waals surface area contributed by atoms with Crippen molar-refractivity contribution in [1.82, 2.24) is 24.5 Å². The number of carbonyl (C=O) groups excluding carboxylic acids is 1. The first-order valence-corrected chi connectivity index (χ1v) is 16.1. The summed E-state index contributed by atoms with van der Waals surface area (Å²) in [7, 11) is 0. The Kier molecular flexibility index (Phi) is 8.42. The number of anilines is 2. The molecule has 2 fully saturated rings. The van der Waals surface area contributed by atoms with Crippen LogP contribution >= 0.6 is 11.9 Å². The molecule has 13 heteroatoms. The van der Waals surface area contributed by atoms with E-state index in [1.165, 1.54) is 4.68 Å². The summed E-state index contributed by atoms with van der Waals surface area (Å²) in [5.41, 5.74) is -1.40. The molecular formula is C31H38F3N7O2S. The first kappa shape index (κ1) is 30.5. The van der Waals surface area contributed by atoms with Gasteiger partial charge in [0.2, 0.25) is 5.88 Å². The zero-order chi connectivity index (χ0) is 31.0. The van der Waals surface area contributed by atoms with Crippen molar-refractivity contribution in [3.63, 3.8) is 0 Å². The zero-order valence-corrected chi connectivity index (χ0v) is 25.8. The van der Waals surface area contributed by atoms with Gasteiger partial charge < -0.3 is 15.0 Å². The number of aromatic nitrogens is 4. The van der Waals surface area contributed by atoms with Crippen LogP contribution in [0.3, 0.4) is 0 Å². The van der Waals surface area contributed by atoms with Crippen LogP contribution in [0.4, 0.5) is 24.8 Å². The van der Waals surface area contributed by atoms with Gasteiger partial charge >= 0.3 is 6.18 Å². The van der Waals surface area contributed by atoms with Crippen molar-refractivity contribution in [2.45, 2.75) is 82.0 Å². The fourth-order valence-electron chi connectivity index (χ4n) is 6.27. The Balaban J connectivity index is 1.25. The molecule has 1 amide bonds. The van der Waals surface area contributed by atoms with Crippen LogP contribution in [0.15, 0.2) is 47.6 Å². The van der Waals surface area contributed by atoms with Crippen LogP contribution in [-0.4, -0.2) is 57.1 Å². The van der Waals surface area contributed by atoms with E-state index in [2.05, 4.69) is 38.9 Å². The predicted octanol–water partition coefficient (Wildman–Crippen LogP) is 6.80. The maximum atomic E-state index is 13.6. The van der Waals surface area contributed by atoms with Gasteiger partial charge in [0, 0.05) is 42.8 Å². The van der Waals surface area contributed by atoms with Crippen LogP contribution in [-0.2, 0) is 0 Å². The Bertz CT molecular complexity index is 1490. The van der Waals surface area contributed by atoms with Gasteiger partial charge in [-0.15, -0.1) is 5.10 Å². The molecule has 4 bridgehead atoms. The topological polar surface area (TPSA) is 97.2 Å². The van der Waals surface area contributed by atoms with Crippen LogP contribution in [0.2, 0.25) is 0 Å². The maximum absolute atomic E-state index is 13.6. The lowest BCUT2D eigenvalue weighted by atomic mass is 9.92. The maximum Gasteiger partial charge on any atom is 0.394 e. The normalized spacial score (nSPS) is 21.5. The van der Waals surface area contributed by atoms with Crippen molar-refractivity contribution < 1.29 is 22.7 Å². The third kappa shape index (κ3) is 6.62. The molecule has 0 radical (unpaired) electrons. The molecule has 236 valence electrons. The van der Waals surface area contributed by atoms with Gasteiger partial charge in [0.15, 0.2) is 5.82 Å². The number of ether oxygens (including phenoxy) is 1. The second kappa shape index (κ2) is 12.1. The molecule has 5 heterocycles. The van der Waals surface area contributed by atoms with E-state index in [-0.39, 0.29) is 43.2 Å². The number of alkyl halides is 3. The molecule has 1 unspecified atom stereocenters. The van der Waals surface area contributed by atoms with Gasteiger partial charge in [0.1, 0.15) is 16.7 Å². The van der Waals surface area contributed by atoms with Crippen molar-refractivity contribution in [2.75, 3.05) is 29.9 Å². The molecule has 6 rings (SSSR count). The third-order valence-electron chi connectivity index (χ3n) is 8.97. The monoisotopic (exact) mass is 629 g/mol. The second-order valence-corrected chi connectivity index (χ2v) is 13.5. The Labute approximate surface area is 259 Å². The van der Waals surface area contributed by atoms with E-state index in [9.17, 15) is 18.0 Å². The Morgan fingerprint density at radius 1 is 1.09 bits per heavy atom. The minimum atomic E-state index is -4.21. The summed E-state index contributed by atoms with van der Waals surface area (Å²) in [5, 5.41) is 8.49. The molecule has 1 saturated heterocycles. The van der Waals surface area contributed by atoms with E-state index in [0.717, 1.165) is 63.0 Å². The third-order valence-corrected chi connectivity index (χ3v) is 9.70.